The van der Waals surface area contributed by atoms with Crippen molar-refractivity contribution in [3.05, 3.63) is 56.4 Å². The van der Waals surface area contributed by atoms with Crippen LogP contribution in [0.1, 0.15) is 13.3 Å². The minimum atomic E-state index is 0.737. The van der Waals surface area contributed by atoms with E-state index < -0.39 is 0 Å². The highest BCUT2D eigenvalue weighted by atomic mass is 32.2. The highest BCUT2D eigenvalue weighted by Crippen LogP contribution is 2.25. The zero-order valence-electron chi connectivity index (χ0n) is 16.2. The van der Waals surface area contributed by atoms with Gasteiger partial charge in [0.1, 0.15) is 0 Å². The summed E-state index contributed by atoms with van der Waals surface area (Å²) in [7, 11) is 0. The van der Waals surface area contributed by atoms with Gasteiger partial charge in [-0.3, -0.25) is 4.90 Å². The number of benzene rings is 2. The van der Waals surface area contributed by atoms with Crippen LogP contribution >= 0.6 is 47.1 Å². The van der Waals surface area contributed by atoms with Crippen LogP contribution < -0.4 is 0 Å². The zero-order chi connectivity index (χ0) is 20.2. The van der Waals surface area contributed by atoms with Gasteiger partial charge in [0.2, 0.25) is 0 Å². The van der Waals surface area contributed by atoms with Crippen molar-refractivity contribution in [3.8, 4) is 0 Å². The molecule has 29 heavy (non-hydrogen) atoms. The van der Waals surface area contributed by atoms with Gasteiger partial charge in [-0.2, -0.15) is 0 Å². The quantitative estimate of drug-likeness (QED) is 0.209. The van der Waals surface area contributed by atoms with Gasteiger partial charge in [-0.05, 0) is 62.0 Å². The molecule has 0 unspecified atom stereocenters. The Labute approximate surface area is 188 Å². The van der Waals surface area contributed by atoms with E-state index in [2.05, 4.69) is 62.6 Å². The van der Waals surface area contributed by atoms with E-state index in [4.69, 9.17) is 29.2 Å². The second kappa shape index (κ2) is 9.59. The molecule has 0 saturated carbocycles. The molecule has 4 nitrogen and oxygen atoms in total. The van der Waals surface area contributed by atoms with Gasteiger partial charge in [-0.25, -0.2) is 0 Å². The molecule has 4 aromatic rings. The van der Waals surface area contributed by atoms with Crippen molar-refractivity contribution >= 4 is 67.5 Å². The number of rotatable bonds is 9. The minimum absolute atomic E-state index is 0.737. The summed E-state index contributed by atoms with van der Waals surface area (Å²) in [6.07, 6.45) is 0.971. The van der Waals surface area contributed by atoms with Crippen LogP contribution in [0.5, 0.6) is 0 Å². The van der Waals surface area contributed by atoms with E-state index in [1.807, 2.05) is 6.92 Å². The number of nitrogens with zero attached hydrogens (tertiary/aromatic N) is 3. The van der Waals surface area contributed by atoms with Crippen molar-refractivity contribution < 1.29 is 4.74 Å². The predicted octanol–water partition coefficient (Wildman–Crippen LogP) is 6.52. The summed E-state index contributed by atoms with van der Waals surface area (Å²) in [4.78, 5) is 2.41. The summed E-state index contributed by atoms with van der Waals surface area (Å²) in [6, 6.07) is 16.8. The van der Waals surface area contributed by atoms with Crippen molar-refractivity contribution in [2.24, 2.45) is 0 Å². The molecule has 0 bridgehead atoms. The van der Waals surface area contributed by atoms with E-state index >= 15 is 0 Å². The molecule has 8 heteroatoms. The molecule has 0 amide bonds. The summed E-state index contributed by atoms with van der Waals surface area (Å²) in [5.41, 5.74) is 2.38. The highest BCUT2D eigenvalue weighted by Gasteiger charge is 2.13. The van der Waals surface area contributed by atoms with Crippen LogP contribution in [0.2, 0.25) is 0 Å². The number of aromatic nitrogens is 2. The average Bonchev–Trinajstić information content (AvgIpc) is 3.21. The van der Waals surface area contributed by atoms with Crippen molar-refractivity contribution in [2.75, 3.05) is 19.8 Å². The zero-order valence-corrected chi connectivity index (χ0v) is 19.5. The third kappa shape index (κ3) is 4.68. The third-order valence-corrected chi connectivity index (χ3v) is 7.66. The molecule has 0 atom stereocenters. The molecule has 0 spiro atoms. The maximum absolute atomic E-state index is 5.68. The summed E-state index contributed by atoms with van der Waals surface area (Å²) < 4.78 is 14.3. The monoisotopic (exact) mass is 461 g/mol. The Bertz CT molecular complexity index is 1130. The second-order valence-corrected chi connectivity index (χ2v) is 10.1. The van der Waals surface area contributed by atoms with Gasteiger partial charge in [-0.15, -0.1) is 22.7 Å². The first-order valence-electron chi connectivity index (χ1n) is 9.64. The normalized spacial score (nSPS) is 11.8. The summed E-state index contributed by atoms with van der Waals surface area (Å²) in [5.74, 6) is 0. The molecule has 2 aromatic carbocycles. The predicted molar refractivity (Wildman–Crippen MR) is 129 cm³/mol. The van der Waals surface area contributed by atoms with Crippen LogP contribution in [0.3, 0.4) is 0 Å². The van der Waals surface area contributed by atoms with Crippen LogP contribution in [0.25, 0.3) is 20.4 Å². The standard InChI is InChI=1S/C21H23N3OS4/c1-2-25-13-7-12-22(14-23-16-8-3-5-10-18(16)28-20(23)26)15-24-17-9-4-6-11-19(17)29-21(24)27/h3-6,8-11H,2,7,12-15H2,1H3. The molecule has 152 valence electrons. The number of para-hydroxylation sites is 2. The fraction of sp³-hybridized carbons (Fsp3) is 0.333. The molecule has 2 aromatic heterocycles. The molecular formula is C21H23N3OS4. The summed E-state index contributed by atoms with van der Waals surface area (Å²) in [6.45, 7) is 5.93. The Kier molecular flexibility index (Phi) is 6.89. The Morgan fingerprint density at radius 1 is 0.862 bits per heavy atom. The Morgan fingerprint density at radius 3 is 1.90 bits per heavy atom. The second-order valence-electron chi connectivity index (χ2n) is 6.76. The topological polar surface area (TPSA) is 22.3 Å². The number of thiazole rings is 2. The lowest BCUT2D eigenvalue weighted by Gasteiger charge is -2.24. The maximum Gasteiger partial charge on any atom is 0.163 e. The van der Waals surface area contributed by atoms with E-state index in [-0.39, 0.29) is 0 Å². The van der Waals surface area contributed by atoms with Gasteiger partial charge in [0.15, 0.2) is 7.91 Å². The van der Waals surface area contributed by atoms with E-state index in [9.17, 15) is 0 Å². The lowest BCUT2D eigenvalue weighted by molar-refractivity contribution is 0.114. The Hall–Kier alpha value is -1.42. The number of fused-ring (bicyclic) bond motifs is 2. The third-order valence-electron chi connectivity index (χ3n) is 4.80. The fourth-order valence-electron chi connectivity index (χ4n) is 3.42. The number of ether oxygens (including phenoxy) is 1. The molecular weight excluding hydrogens is 439 g/mol. The molecule has 0 aliphatic heterocycles. The lowest BCUT2D eigenvalue weighted by Crippen LogP contribution is -2.30. The van der Waals surface area contributed by atoms with E-state index in [1.54, 1.807) is 22.7 Å². The van der Waals surface area contributed by atoms with Crippen LogP contribution in [-0.4, -0.2) is 33.8 Å². The molecule has 2 heterocycles. The average molecular weight is 462 g/mol. The molecule has 0 N–H and O–H groups in total. The smallest absolute Gasteiger partial charge is 0.163 e. The Balaban J connectivity index is 1.64. The van der Waals surface area contributed by atoms with Crippen LogP contribution in [0.15, 0.2) is 48.5 Å². The summed E-state index contributed by atoms with van der Waals surface area (Å²) in [5, 5.41) is 0. The van der Waals surface area contributed by atoms with Gasteiger partial charge < -0.3 is 13.9 Å². The molecule has 0 radical (unpaired) electrons. The first-order valence-corrected chi connectivity index (χ1v) is 12.1. The SMILES string of the molecule is CCOCCCN(Cn1c(=S)sc2ccccc21)Cn1c(=S)sc2ccccc21. The van der Waals surface area contributed by atoms with Crippen molar-refractivity contribution in [3.63, 3.8) is 0 Å². The highest BCUT2D eigenvalue weighted by molar-refractivity contribution is 7.74. The molecule has 0 aliphatic carbocycles. The van der Waals surface area contributed by atoms with E-state index in [0.717, 1.165) is 47.4 Å². The van der Waals surface area contributed by atoms with E-state index in [1.165, 1.54) is 20.4 Å². The lowest BCUT2D eigenvalue weighted by atomic mass is 10.3. The van der Waals surface area contributed by atoms with Crippen LogP contribution in [-0.2, 0) is 18.1 Å². The minimum Gasteiger partial charge on any atom is -0.382 e. The Morgan fingerprint density at radius 2 is 1.38 bits per heavy atom. The van der Waals surface area contributed by atoms with Crippen LogP contribution in [0.4, 0.5) is 0 Å². The maximum atomic E-state index is 5.68. The van der Waals surface area contributed by atoms with Gasteiger partial charge in [-0.1, -0.05) is 24.3 Å². The van der Waals surface area contributed by atoms with Gasteiger partial charge >= 0.3 is 0 Å². The van der Waals surface area contributed by atoms with Crippen molar-refractivity contribution in [1.29, 1.82) is 0 Å². The molecule has 0 aliphatic rings. The van der Waals surface area contributed by atoms with Gasteiger partial charge in [0.25, 0.3) is 0 Å². The van der Waals surface area contributed by atoms with Crippen molar-refractivity contribution in [1.82, 2.24) is 14.0 Å². The molecule has 4 rings (SSSR count). The number of hydrogen-bond donors (Lipinski definition) is 0. The number of hydrogen-bond acceptors (Lipinski definition) is 6. The van der Waals surface area contributed by atoms with Crippen LogP contribution in [0, 0.1) is 7.91 Å². The first-order chi connectivity index (χ1) is 14.2. The fourth-order valence-corrected chi connectivity index (χ4v) is 6.03. The molecule has 0 fully saturated rings. The largest absolute Gasteiger partial charge is 0.382 e. The van der Waals surface area contributed by atoms with Gasteiger partial charge in [0, 0.05) is 19.8 Å². The van der Waals surface area contributed by atoms with Crippen molar-refractivity contribution in [2.45, 2.75) is 26.7 Å². The van der Waals surface area contributed by atoms with Gasteiger partial charge in [0.05, 0.1) is 33.8 Å². The van der Waals surface area contributed by atoms with E-state index in [0.29, 0.717) is 0 Å². The molecule has 0 saturated heterocycles. The summed E-state index contributed by atoms with van der Waals surface area (Å²) >= 11 is 14.7. The first kappa shape index (κ1) is 20.8.